The zero-order valence-electron chi connectivity index (χ0n) is 25.1. The second-order valence-corrected chi connectivity index (χ2v) is 11.6. The number of piperazine rings is 1. The van der Waals surface area contributed by atoms with Crippen LogP contribution in [-0.4, -0.2) is 51.9 Å². The molecule has 3 heterocycles. The predicted molar refractivity (Wildman–Crippen MR) is 172 cm³/mol. The van der Waals surface area contributed by atoms with Crippen LogP contribution in [0, 0.1) is 17.7 Å². The normalized spacial score (nSPS) is 19.0. The summed E-state index contributed by atoms with van der Waals surface area (Å²) in [4.78, 5) is 30.1. The number of H-pyrrole nitrogens is 1. The van der Waals surface area contributed by atoms with Crippen molar-refractivity contribution in [2.24, 2.45) is 11.8 Å². The summed E-state index contributed by atoms with van der Waals surface area (Å²) in [6.45, 7) is 7.21. The van der Waals surface area contributed by atoms with Crippen molar-refractivity contribution in [1.82, 2.24) is 19.9 Å². The molecule has 1 saturated heterocycles. The molecular formula is C36H40FN5O. The Morgan fingerprint density at radius 3 is 2.33 bits per heavy atom. The summed E-state index contributed by atoms with van der Waals surface area (Å²) in [5.41, 5.74) is 7.98. The molecule has 222 valence electrons. The molecule has 1 aliphatic heterocycles. The van der Waals surface area contributed by atoms with E-state index in [2.05, 4.69) is 65.1 Å². The van der Waals surface area contributed by atoms with Crippen molar-refractivity contribution >= 4 is 33.9 Å². The first-order chi connectivity index (χ1) is 21.1. The van der Waals surface area contributed by atoms with Crippen molar-refractivity contribution in [2.45, 2.75) is 46.0 Å². The van der Waals surface area contributed by atoms with E-state index in [0.717, 1.165) is 66.8 Å². The van der Waals surface area contributed by atoms with E-state index < -0.39 is 0 Å². The average Bonchev–Trinajstić information content (AvgIpc) is 3.55. The fourth-order valence-corrected chi connectivity index (χ4v) is 6.60. The smallest absolute Gasteiger partial charge is 0.222 e. The average molecular weight is 578 g/mol. The van der Waals surface area contributed by atoms with E-state index >= 15 is 0 Å². The molecule has 0 bridgehead atoms. The van der Waals surface area contributed by atoms with Crippen molar-refractivity contribution in [3.05, 3.63) is 102 Å². The van der Waals surface area contributed by atoms with Gasteiger partial charge in [-0.15, -0.1) is 0 Å². The number of hydrogen-bond donors (Lipinski definition) is 1. The molecule has 1 fully saturated rings. The first-order valence-corrected chi connectivity index (χ1v) is 15.6. The highest BCUT2D eigenvalue weighted by Gasteiger charge is 2.27. The number of nitrogens with one attached hydrogen (secondary N) is 1. The van der Waals surface area contributed by atoms with Crippen LogP contribution in [0.25, 0.3) is 22.2 Å². The van der Waals surface area contributed by atoms with Crippen molar-refractivity contribution in [3.8, 4) is 0 Å². The SMILES string of the molecule is CCc1cnc(N2CCN(C(=O)CCCC3C=C(c4ccc(F)cc4)C(CC)C=C3c3ccccc3)CC2)c2[nH]cnc12. The van der Waals surface area contributed by atoms with Crippen LogP contribution in [0.5, 0.6) is 0 Å². The number of hydrogen-bond acceptors (Lipinski definition) is 4. The van der Waals surface area contributed by atoms with Gasteiger partial charge in [-0.05, 0) is 65.7 Å². The number of aromatic nitrogens is 3. The molecule has 2 aromatic heterocycles. The maximum Gasteiger partial charge on any atom is 0.222 e. The zero-order valence-corrected chi connectivity index (χ0v) is 25.1. The minimum atomic E-state index is -0.218. The number of carbonyl (C=O) groups excluding carboxylic acids is 1. The summed E-state index contributed by atoms with van der Waals surface area (Å²) in [6.07, 6.45) is 12.5. The van der Waals surface area contributed by atoms with Crippen LogP contribution in [0.1, 0.15) is 56.2 Å². The highest BCUT2D eigenvalue weighted by Crippen LogP contribution is 2.41. The lowest BCUT2D eigenvalue weighted by molar-refractivity contribution is -0.131. The Hall–Kier alpha value is -4.26. The Morgan fingerprint density at radius 1 is 0.907 bits per heavy atom. The summed E-state index contributed by atoms with van der Waals surface area (Å²) in [5.74, 6) is 1.39. The predicted octanol–water partition coefficient (Wildman–Crippen LogP) is 7.30. The van der Waals surface area contributed by atoms with Crippen LogP contribution in [0.4, 0.5) is 10.2 Å². The molecule has 0 saturated carbocycles. The Labute approximate surface area is 253 Å². The largest absolute Gasteiger partial charge is 0.351 e. The molecule has 0 spiro atoms. The Balaban J connectivity index is 1.11. The van der Waals surface area contributed by atoms with E-state index in [-0.39, 0.29) is 23.6 Å². The van der Waals surface area contributed by atoms with Crippen molar-refractivity contribution < 1.29 is 9.18 Å². The van der Waals surface area contributed by atoms with Gasteiger partial charge in [0, 0.05) is 50.6 Å². The maximum absolute atomic E-state index is 13.7. The number of aromatic amines is 1. The molecule has 2 atom stereocenters. The molecule has 2 unspecified atom stereocenters. The van der Waals surface area contributed by atoms with Crippen LogP contribution < -0.4 is 4.90 Å². The lowest BCUT2D eigenvalue weighted by Crippen LogP contribution is -2.49. The third-order valence-electron chi connectivity index (χ3n) is 9.01. The molecule has 6 nitrogen and oxygen atoms in total. The number of anilines is 1. The van der Waals surface area contributed by atoms with E-state index in [0.29, 0.717) is 19.5 Å². The highest BCUT2D eigenvalue weighted by molar-refractivity contribution is 5.88. The van der Waals surface area contributed by atoms with E-state index in [1.165, 1.54) is 16.7 Å². The molecule has 43 heavy (non-hydrogen) atoms. The van der Waals surface area contributed by atoms with Gasteiger partial charge in [-0.1, -0.05) is 68.5 Å². The molecule has 4 aromatic rings. The molecule has 0 radical (unpaired) electrons. The zero-order chi connectivity index (χ0) is 29.8. The summed E-state index contributed by atoms with van der Waals surface area (Å²) < 4.78 is 13.7. The topological polar surface area (TPSA) is 65.1 Å². The molecule has 2 aromatic carbocycles. The number of benzene rings is 2. The summed E-state index contributed by atoms with van der Waals surface area (Å²) in [7, 11) is 0. The van der Waals surface area contributed by atoms with E-state index in [1.54, 1.807) is 18.5 Å². The number of rotatable bonds is 9. The molecule has 2 aliphatic rings. The first kappa shape index (κ1) is 28.8. The number of amides is 1. The van der Waals surface area contributed by atoms with Crippen LogP contribution in [0.15, 0.2) is 79.3 Å². The maximum atomic E-state index is 13.7. The van der Waals surface area contributed by atoms with E-state index in [4.69, 9.17) is 4.98 Å². The van der Waals surface area contributed by atoms with Gasteiger partial charge in [0.05, 0.1) is 11.8 Å². The third-order valence-corrected chi connectivity index (χ3v) is 9.01. The molecule has 7 heteroatoms. The number of carbonyl (C=O) groups is 1. The molecule has 6 rings (SSSR count). The third kappa shape index (κ3) is 6.12. The highest BCUT2D eigenvalue weighted by atomic mass is 19.1. The Morgan fingerprint density at radius 2 is 1.60 bits per heavy atom. The minimum absolute atomic E-state index is 0.198. The van der Waals surface area contributed by atoms with Crippen LogP contribution >= 0.6 is 0 Å². The number of nitrogens with zero attached hydrogens (tertiary/aromatic N) is 4. The standard InChI is InChI=1S/C36H40FN5O/c1-3-25-21-32(27-9-6-5-7-10-27)29(22-31(25)28-13-15-30(37)16-14-28)11-8-12-33(43)41-17-19-42(20-18-41)36-35-34(39-24-40-35)26(4-2)23-38-36/h5-7,9-10,13-16,21-25,29H,3-4,8,11-12,17-20H2,1-2H3,(H,39,40). The Bertz CT molecular complexity index is 1620. The second kappa shape index (κ2) is 12.9. The number of aryl methyl sites for hydroxylation is 1. The van der Waals surface area contributed by atoms with Crippen LogP contribution in [0.3, 0.4) is 0 Å². The van der Waals surface area contributed by atoms with Gasteiger partial charge in [0.1, 0.15) is 11.3 Å². The number of imidazole rings is 1. The quantitative estimate of drug-likeness (QED) is 0.227. The minimum Gasteiger partial charge on any atom is -0.351 e. The van der Waals surface area contributed by atoms with Gasteiger partial charge < -0.3 is 14.8 Å². The monoisotopic (exact) mass is 577 g/mol. The van der Waals surface area contributed by atoms with Gasteiger partial charge >= 0.3 is 0 Å². The van der Waals surface area contributed by atoms with Crippen LogP contribution in [-0.2, 0) is 11.2 Å². The fourth-order valence-electron chi connectivity index (χ4n) is 6.60. The second-order valence-electron chi connectivity index (χ2n) is 11.6. The molecule has 1 amide bonds. The van der Waals surface area contributed by atoms with Crippen LogP contribution in [0.2, 0.25) is 0 Å². The Kier molecular flexibility index (Phi) is 8.68. The first-order valence-electron chi connectivity index (χ1n) is 15.6. The number of pyridine rings is 1. The summed E-state index contributed by atoms with van der Waals surface area (Å²) in [6, 6.07) is 17.4. The van der Waals surface area contributed by atoms with Gasteiger partial charge in [-0.2, -0.15) is 0 Å². The summed E-state index contributed by atoms with van der Waals surface area (Å²) in [5, 5.41) is 0. The van der Waals surface area contributed by atoms with Crippen molar-refractivity contribution in [3.63, 3.8) is 0 Å². The van der Waals surface area contributed by atoms with Gasteiger partial charge in [-0.3, -0.25) is 4.79 Å². The number of allylic oxidation sites excluding steroid dienone is 4. The molecule has 1 aliphatic carbocycles. The summed E-state index contributed by atoms with van der Waals surface area (Å²) >= 11 is 0. The molecule has 1 N–H and O–H groups in total. The number of fused-ring (bicyclic) bond motifs is 1. The fraction of sp³-hybridized carbons (Fsp3) is 0.361. The number of halogens is 1. The lowest BCUT2D eigenvalue weighted by Gasteiger charge is -2.35. The van der Waals surface area contributed by atoms with Gasteiger partial charge in [0.15, 0.2) is 5.82 Å². The van der Waals surface area contributed by atoms with E-state index in [9.17, 15) is 9.18 Å². The van der Waals surface area contributed by atoms with Crippen molar-refractivity contribution in [1.29, 1.82) is 0 Å². The van der Waals surface area contributed by atoms with Gasteiger partial charge in [0.2, 0.25) is 5.91 Å². The van der Waals surface area contributed by atoms with Crippen molar-refractivity contribution in [2.75, 3.05) is 31.1 Å². The van der Waals surface area contributed by atoms with Gasteiger partial charge in [0.25, 0.3) is 0 Å². The van der Waals surface area contributed by atoms with Gasteiger partial charge in [-0.25, -0.2) is 14.4 Å². The van der Waals surface area contributed by atoms with E-state index in [1.807, 2.05) is 29.3 Å². The lowest BCUT2D eigenvalue weighted by atomic mass is 9.75. The molecular weight excluding hydrogens is 537 g/mol.